The van der Waals surface area contributed by atoms with Crippen LogP contribution < -0.4 is 0 Å². The average molecular weight is 190 g/mol. The van der Waals surface area contributed by atoms with Gasteiger partial charge in [-0.25, -0.2) is 0 Å². The molecule has 0 amide bonds. The van der Waals surface area contributed by atoms with E-state index in [-0.39, 0.29) is 11.6 Å². The Balaban J connectivity index is 0.000000146. The van der Waals surface area contributed by atoms with E-state index in [0.29, 0.717) is 12.8 Å². The first-order valence-electron chi connectivity index (χ1n) is 4.87. The minimum absolute atomic E-state index is 0.170. The van der Waals surface area contributed by atoms with Gasteiger partial charge in [0, 0.05) is 12.8 Å². The van der Waals surface area contributed by atoms with Gasteiger partial charge < -0.3 is 0 Å². The third-order valence-electron chi connectivity index (χ3n) is 2.04. The molecule has 0 atom stereocenters. The van der Waals surface area contributed by atoms with Gasteiger partial charge in [-0.15, -0.1) is 0 Å². The molecule has 0 bridgehead atoms. The molecule has 0 spiro atoms. The molecule has 74 valence electrons. The number of carbonyl (C=O) groups excluding carboxylic acids is 2. The molecule has 2 rings (SSSR count). The predicted octanol–water partition coefficient (Wildman–Crippen LogP) is 2.39. The number of Topliss-reactive ketones (excluding diaryl/α,β-unsaturated/α-hetero) is 2. The van der Waals surface area contributed by atoms with Gasteiger partial charge in [-0.05, 0) is 12.8 Å². The van der Waals surface area contributed by atoms with Crippen molar-refractivity contribution >= 4 is 11.6 Å². The third kappa shape index (κ3) is 3.99. The number of hydrogen-bond acceptors (Lipinski definition) is 2. The summed E-state index contributed by atoms with van der Waals surface area (Å²) in [7, 11) is 0. The van der Waals surface area contributed by atoms with Crippen LogP contribution >= 0.6 is 0 Å². The van der Waals surface area contributed by atoms with Crippen LogP contribution in [-0.2, 0) is 9.59 Å². The fourth-order valence-corrected chi connectivity index (χ4v) is 1.23. The molecular weight excluding hydrogens is 176 g/mol. The maximum Gasteiger partial charge on any atom is 0.198 e. The van der Waals surface area contributed by atoms with E-state index in [1.54, 1.807) is 0 Å². The van der Waals surface area contributed by atoms with E-state index >= 15 is 0 Å². The highest BCUT2D eigenvalue weighted by atomic mass is 16.2. The lowest BCUT2D eigenvalue weighted by Crippen LogP contribution is -2.17. The van der Waals surface area contributed by atoms with Crippen LogP contribution in [0.15, 0.2) is 36.4 Å². The summed E-state index contributed by atoms with van der Waals surface area (Å²) in [5.41, 5.74) is 0. The van der Waals surface area contributed by atoms with E-state index in [1.807, 2.05) is 36.4 Å². The monoisotopic (exact) mass is 190 g/mol. The van der Waals surface area contributed by atoms with Crippen LogP contribution in [-0.4, -0.2) is 11.6 Å². The van der Waals surface area contributed by atoms with Gasteiger partial charge in [0.2, 0.25) is 0 Å². The highest BCUT2D eigenvalue weighted by Crippen LogP contribution is 2.09. The van der Waals surface area contributed by atoms with Gasteiger partial charge >= 0.3 is 0 Å². The zero-order valence-corrected chi connectivity index (χ0v) is 8.11. The molecule has 0 unspecified atom stereocenters. The molecule has 1 aliphatic rings. The van der Waals surface area contributed by atoms with Crippen LogP contribution in [0.25, 0.3) is 0 Å². The maximum absolute atomic E-state index is 10.4. The molecule has 0 aliphatic heterocycles. The largest absolute Gasteiger partial charge is 0.291 e. The highest BCUT2D eigenvalue weighted by molar-refractivity contribution is 6.37. The summed E-state index contributed by atoms with van der Waals surface area (Å²) in [6.07, 6.45) is 2.78. The Morgan fingerprint density at radius 2 is 0.929 bits per heavy atom. The van der Waals surface area contributed by atoms with Gasteiger partial charge in [0.05, 0.1) is 0 Å². The van der Waals surface area contributed by atoms with Gasteiger partial charge in [0.15, 0.2) is 11.6 Å². The van der Waals surface area contributed by atoms with E-state index in [9.17, 15) is 9.59 Å². The van der Waals surface area contributed by atoms with Crippen LogP contribution in [0.5, 0.6) is 0 Å². The first-order chi connectivity index (χ1) is 6.80. The van der Waals surface area contributed by atoms with E-state index in [4.69, 9.17) is 0 Å². The van der Waals surface area contributed by atoms with Crippen LogP contribution in [0, 0.1) is 0 Å². The standard InChI is InChI=1S/C6H8O2.C6H6/c7-5-3-1-2-4-6(5)8;1-2-4-6-5-3-1/h1-4H2;1-6H. The second-order valence-electron chi connectivity index (χ2n) is 3.21. The summed E-state index contributed by atoms with van der Waals surface area (Å²) in [5, 5.41) is 0. The first-order valence-corrected chi connectivity index (χ1v) is 4.87. The van der Waals surface area contributed by atoms with Crippen molar-refractivity contribution in [2.75, 3.05) is 0 Å². The van der Waals surface area contributed by atoms with Gasteiger partial charge in [-0.3, -0.25) is 9.59 Å². The van der Waals surface area contributed by atoms with Gasteiger partial charge in [-0.1, -0.05) is 36.4 Å². The lowest BCUT2D eigenvalue weighted by atomic mass is 9.98. The molecule has 1 aromatic carbocycles. The van der Waals surface area contributed by atoms with E-state index in [0.717, 1.165) is 12.8 Å². The lowest BCUT2D eigenvalue weighted by Gasteiger charge is -2.04. The zero-order valence-electron chi connectivity index (χ0n) is 8.11. The minimum atomic E-state index is -0.170. The van der Waals surface area contributed by atoms with Gasteiger partial charge in [0.1, 0.15) is 0 Å². The number of hydrogen-bond donors (Lipinski definition) is 0. The Labute approximate surface area is 83.9 Å². The van der Waals surface area contributed by atoms with Crippen molar-refractivity contribution < 1.29 is 9.59 Å². The quantitative estimate of drug-likeness (QED) is 0.588. The Hall–Kier alpha value is -1.44. The molecule has 0 N–H and O–H groups in total. The molecule has 0 radical (unpaired) electrons. The SMILES string of the molecule is O=C1CCCCC1=O.c1ccccc1. The second-order valence-corrected chi connectivity index (χ2v) is 3.21. The first kappa shape index (κ1) is 10.6. The predicted molar refractivity (Wildman–Crippen MR) is 54.9 cm³/mol. The van der Waals surface area contributed by atoms with Crippen molar-refractivity contribution in [3.8, 4) is 0 Å². The summed E-state index contributed by atoms with van der Waals surface area (Å²) in [5.74, 6) is -0.340. The molecule has 1 saturated carbocycles. The van der Waals surface area contributed by atoms with Gasteiger partial charge in [0.25, 0.3) is 0 Å². The molecule has 0 heterocycles. The van der Waals surface area contributed by atoms with Crippen molar-refractivity contribution in [2.24, 2.45) is 0 Å². The Morgan fingerprint density at radius 3 is 1.14 bits per heavy atom. The van der Waals surface area contributed by atoms with E-state index in [2.05, 4.69) is 0 Å². The molecule has 1 aliphatic carbocycles. The van der Waals surface area contributed by atoms with Gasteiger partial charge in [-0.2, -0.15) is 0 Å². The molecule has 2 nitrogen and oxygen atoms in total. The minimum Gasteiger partial charge on any atom is -0.291 e. The topological polar surface area (TPSA) is 34.1 Å². The number of ketones is 2. The Bertz CT molecular complexity index is 248. The molecule has 0 saturated heterocycles. The summed E-state index contributed by atoms with van der Waals surface area (Å²) in [6, 6.07) is 12.0. The number of carbonyl (C=O) groups is 2. The normalized spacial score (nSPS) is 15.7. The van der Waals surface area contributed by atoms with E-state index < -0.39 is 0 Å². The van der Waals surface area contributed by atoms with Crippen molar-refractivity contribution in [1.29, 1.82) is 0 Å². The summed E-state index contributed by atoms with van der Waals surface area (Å²) >= 11 is 0. The smallest absolute Gasteiger partial charge is 0.198 e. The lowest BCUT2D eigenvalue weighted by molar-refractivity contribution is -0.137. The third-order valence-corrected chi connectivity index (χ3v) is 2.04. The molecule has 2 heteroatoms. The second kappa shape index (κ2) is 6.08. The van der Waals surface area contributed by atoms with E-state index in [1.165, 1.54) is 0 Å². The fraction of sp³-hybridized carbons (Fsp3) is 0.333. The number of rotatable bonds is 0. The molecule has 1 fully saturated rings. The summed E-state index contributed by atoms with van der Waals surface area (Å²) < 4.78 is 0. The van der Waals surface area contributed by atoms with Crippen molar-refractivity contribution in [3.63, 3.8) is 0 Å². The maximum atomic E-state index is 10.4. The van der Waals surface area contributed by atoms with Crippen LogP contribution in [0.3, 0.4) is 0 Å². The van der Waals surface area contributed by atoms with Crippen molar-refractivity contribution in [3.05, 3.63) is 36.4 Å². The summed E-state index contributed by atoms with van der Waals surface area (Å²) in [4.78, 5) is 20.9. The Morgan fingerprint density at radius 1 is 0.643 bits per heavy atom. The average Bonchev–Trinajstić information content (AvgIpc) is 2.26. The van der Waals surface area contributed by atoms with Crippen LogP contribution in [0.1, 0.15) is 25.7 Å². The zero-order chi connectivity index (χ0) is 10.2. The highest BCUT2D eigenvalue weighted by Gasteiger charge is 2.16. The number of benzene rings is 1. The molecule has 14 heavy (non-hydrogen) atoms. The Kier molecular flexibility index (Phi) is 4.62. The van der Waals surface area contributed by atoms with Crippen molar-refractivity contribution in [2.45, 2.75) is 25.7 Å². The fourth-order valence-electron chi connectivity index (χ4n) is 1.23. The molecular formula is C12H14O2. The summed E-state index contributed by atoms with van der Waals surface area (Å²) in [6.45, 7) is 0. The molecule has 0 aromatic heterocycles. The molecule has 1 aromatic rings. The van der Waals surface area contributed by atoms with Crippen LogP contribution in [0.2, 0.25) is 0 Å². The van der Waals surface area contributed by atoms with Crippen LogP contribution in [0.4, 0.5) is 0 Å². The van der Waals surface area contributed by atoms with Crippen molar-refractivity contribution in [1.82, 2.24) is 0 Å².